The minimum absolute atomic E-state index is 0.104. The van der Waals surface area contributed by atoms with E-state index in [-0.39, 0.29) is 24.1 Å². The minimum Gasteiger partial charge on any atom is -0.497 e. The normalized spacial score (nSPS) is 11.7. The van der Waals surface area contributed by atoms with Crippen molar-refractivity contribution in [1.82, 2.24) is 10.2 Å². The first-order valence-electron chi connectivity index (χ1n) is 10.6. The first-order valence-corrected chi connectivity index (χ1v) is 12.5. The SMILES string of the molecule is CCCNC(=O)[C@@H](CC)N(Cc1ccc(Cl)cc1Cl)C(=O)CSCc1ccc(OC)cc1. The summed E-state index contributed by atoms with van der Waals surface area (Å²) < 4.78 is 5.18. The van der Waals surface area contributed by atoms with E-state index >= 15 is 0 Å². The number of nitrogens with zero attached hydrogens (tertiary/aromatic N) is 1. The van der Waals surface area contributed by atoms with Crippen molar-refractivity contribution in [3.05, 3.63) is 63.6 Å². The molecule has 0 aliphatic heterocycles. The summed E-state index contributed by atoms with van der Waals surface area (Å²) in [6.07, 6.45) is 1.34. The summed E-state index contributed by atoms with van der Waals surface area (Å²) in [5, 5.41) is 3.92. The molecule has 2 rings (SSSR count). The largest absolute Gasteiger partial charge is 0.497 e. The Balaban J connectivity index is 2.13. The molecule has 0 bridgehead atoms. The van der Waals surface area contributed by atoms with Crippen LogP contribution in [0, 0.1) is 0 Å². The Hall–Kier alpha value is -1.89. The van der Waals surface area contributed by atoms with Gasteiger partial charge in [0.05, 0.1) is 12.9 Å². The first kappa shape index (κ1) is 26.4. The molecule has 32 heavy (non-hydrogen) atoms. The van der Waals surface area contributed by atoms with Crippen LogP contribution in [0.3, 0.4) is 0 Å². The third-order valence-electron chi connectivity index (χ3n) is 4.94. The molecule has 2 aromatic rings. The zero-order valence-electron chi connectivity index (χ0n) is 18.7. The third-order valence-corrected chi connectivity index (χ3v) is 6.52. The number of nitrogens with one attached hydrogen (secondary N) is 1. The number of benzene rings is 2. The van der Waals surface area contributed by atoms with Gasteiger partial charge in [0.15, 0.2) is 0 Å². The Morgan fingerprint density at radius 3 is 2.44 bits per heavy atom. The Morgan fingerprint density at radius 2 is 1.84 bits per heavy atom. The van der Waals surface area contributed by atoms with E-state index in [0.29, 0.717) is 28.8 Å². The first-order chi connectivity index (χ1) is 15.4. The maximum Gasteiger partial charge on any atom is 0.242 e. The second kappa shape index (κ2) is 13.6. The summed E-state index contributed by atoms with van der Waals surface area (Å²) >= 11 is 13.9. The van der Waals surface area contributed by atoms with E-state index in [1.54, 1.807) is 30.2 Å². The van der Waals surface area contributed by atoms with Gasteiger partial charge in [-0.25, -0.2) is 0 Å². The van der Waals surface area contributed by atoms with E-state index in [2.05, 4.69) is 5.32 Å². The Morgan fingerprint density at radius 1 is 1.12 bits per heavy atom. The quantitative estimate of drug-likeness (QED) is 0.417. The van der Waals surface area contributed by atoms with Crippen LogP contribution < -0.4 is 10.1 Å². The molecule has 0 saturated carbocycles. The van der Waals surface area contributed by atoms with Crippen molar-refractivity contribution < 1.29 is 14.3 Å². The van der Waals surface area contributed by atoms with E-state index in [0.717, 1.165) is 23.3 Å². The number of hydrogen-bond acceptors (Lipinski definition) is 4. The molecule has 0 saturated heterocycles. The molecule has 0 radical (unpaired) electrons. The predicted molar refractivity (Wildman–Crippen MR) is 134 cm³/mol. The fraction of sp³-hybridized carbons (Fsp3) is 0.417. The molecule has 0 aromatic heterocycles. The highest BCUT2D eigenvalue weighted by atomic mass is 35.5. The van der Waals surface area contributed by atoms with Crippen molar-refractivity contribution in [2.75, 3.05) is 19.4 Å². The Kier molecular flexibility index (Phi) is 11.2. The molecule has 5 nitrogen and oxygen atoms in total. The van der Waals surface area contributed by atoms with Crippen LogP contribution >= 0.6 is 35.0 Å². The van der Waals surface area contributed by atoms with Crippen molar-refractivity contribution in [2.24, 2.45) is 0 Å². The molecular weight excluding hydrogens is 467 g/mol. The van der Waals surface area contributed by atoms with Crippen LogP contribution in [0.5, 0.6) is 5.75 Å². The van der Waals surface area contributed by atoms with Crippen molar-refractivity contribution in [2.45, 2.75) is 45.0 Å². The summed E-state index contributed by atoms with van der Waals surface area (Å²) in [4.78, 5) is 27.6. The number of carbonyl (C=O) groups excluding carboxylic acids is 2. The summed E-state index contributed by atoms with van der Waals surface area (Å²) in [5.41, 5.74) is 1.86. The lowest BCUT2D eigenvalue weighted by atomic mass is 10.1. The lowest BCUT2D eigenvalue weighted by Gasteiger charge is -2.31. The molecule has 0 aliphatic rings. The van der Waals surface area contributed by atoms with Crippen molar-refractivity contribution >= 4 is 46.8 Å². The van der Waals surface area contributed by atoms with Crippen molar-refractivity contribution in [3.8, 4) is 5.75 Å². The second-order valence-corrected chi connectivity index (χ2v) is 9.14. The second-order valence-electron chi connectivity index (χ2n) is 7.31. The van der Waals surface area contributed by atoms with E-state index in [4.69, 9.17) is 27.9 Å². The van der Waals surface area contributed by atoms with E-state index < -0.39 is 6.04 Å². The van der Waals surface area contributed by atoms with Crippen molar-refractivity contribution in [1.29, 1.82) is 0 Å². The third kappa shape index (κ3) is 7.91. The number of rotatable bonds is 12. The molecule has 8 heteroatoms. The van der Waals surface area contributed by atoms with E-state index in [9.17, 15) is 9.59 Å². The summed E-state index contributed by atoms with van der Waals surface area (Å²) in [5.74, 6) is 1.49. The molecule has 0 spiro atoms. The fourth-order valence-corrected chi connectivity index (χ4v) is 4.52. The Bertz CT molecular complexity index is 893. The maximum absolute atomic E-state index is 13.2. The molecule has 1 atom stereocenters. The highest BCUT2D eigenvalue weighted by Crippen LogP contribution is 2.25. The van der Waals surface area contributed by atoms with Crippen LogP contribution in [-0.4, -0.2) is 42.2 Å². The number of amides is 2. The molecular formula is C24H30Cl2N2O3S. The van der Waals surface area contributed by atoms with Crippen LogP contribution in [0.25, 0.3) is 0 Å². The lowest BCUT2D eigenvalue weighted by Crippen LogP contribution is -2.49. The average molecular weight is 497 g/mol. The van der Waals surface area contributed by atoms with Gasteiger partial charge >= 0.3 is 0 Å². The van der Waals surface area contributed by atoms with Crippen LogP contribution in [0.15, 0.2) is 42.5 Å². The van der Waals surface area contributed by atoms with Gasteiger partial charge in [0, 0.05) is 28.9 Å². The summed E-state index contributed by atoms with van der Waals surface area (Å²) in [6, 6.07) is 12.4. The summed E-state index contributed by atoms with van der Waals surface area (Å²) in [6.45, 7) is 4.72. The number of ether oxygens (including phenoxy) is 1. The standard InChI is InChI=1S/C24H30Cl2N2O3S/c1-4-12-27-24(30)22(5-2)28(14-18-8-9-19(25)13-21(18)26)23(29)16-32-15-17-6-10-20(31-3)11-7-17/h6-11,13,22H,4-5,12,14-16H2,1-3H3,(H,27,30)/t22-/m1/s1. The van der Waals surface area contributed by atoms with Crippen molar-refractivity contribution in [3.63, 3.8) is 0 Å². The monoisotopic (exact) mass is 496 g/mol. The van der Waals surface area contributed by atoms with Crippen LogP contribution in [0.1, 0.15) is 37.8 Å². The smallest absolute Gasteiger partial charge is 0.242 e. The van der Waals surface area contributed by atoms with Crippen LogP contribution in [0.4, 0.5) is 0 Å². The zero-order valence-corrected chi connectivity index (χ0v) is 21.0. The molecule has 2 aromatic carbocycles. The van der Waals surface area contributed by atoms with Gasteiger partial charge in [-0.15, -0.1) is 11.8 Å². The number of hydrogen-bond donors (Lipinski definition) is 1. The highest BCUT2D eigenvalue weighted by Gasteiger charge is 2.28. The van der Waals surface area contributed by atoms with Gasteiger partial charge in [-0.1, -0.05) is 55.2 Å². The van der Waals surface area contributed by atoms with Gasteiger partial charge in [-0.3, -0.25) is 9.59 Å². The van der Waals surface area contributed by atoms with Gasteiger partial charge in [0.25, 0.3) is 0 Å². The van der Waals surface area contributed by atoms with Gasteiger partial charge in [0.1, 0.15) is 11.8 Å². The number of carbonyl (C=O) groups is 2. The summed E-state index contributed by atoms with van der Waals surface area (Å²) in [7, 11) is 1.63. The highest BCUT2D eigenvalue weighted by molar-refractivity contribution is 7.99. The molecule has 1 N–H and O–H groups in total. The van der Waals surface area contributed by atoms with E-state index in [1.807, 2.05) is 38.1 Å². The minimum atomic E-state index is -0.567. The molecule has 0 aliphatic carbocycles. The molecule has 0 unspecified atom stereocenters. The zero-order chi connectivity index (χ0) is 23.5. The van der Waals surface area contributed by atoms with Crippen LogP contribution in [0.2, 0.25) is 10.0 Å². The molecule has 174 valence electrons. The van der Waals surface area contributed by atoms with E-state index in [1.165, 1.54) is 11.8 Å². The fourth-order valence-electron chi connectivity index (χ4n) is 3.18. The molecule has 0 fully saturated rings. The van der Waals surface area contributed by atoms with Gasteiger partial charge in [-0.2, -0.15) is 0 Å². The Labute approximate surface area is 204 Å². The number of halogens is 2. The number of methoxy groups -OCH3 is 1. The maximum atomic E-state index is 13.2. The lowest BCUT2D eigenvalue weighted by molar-refractivity contribution is -0.139. The van der Waals surface area contributed by atoms with Crippen LogP contribution in [-0.2, 0) is 21.9 Å². The van der Waals surface area contributed by atoms with Gasteiger partial charge in [0.2, 0.25) is 11.8 Å². The number of thioether (sulfide) groups is 1. The molecule has 0 heterocycles. The predicted octanol–water partition coefficient (Wildman–Crippen LogP) is 5.57. The topological polar surface area (TPSA) is 58.6 Å². The van der Waals surface area contributed by atoms with Gasteiger partial charge < -0.3 is 15.0 Å². The average Bonchev–Trinajstić information content (AvgIpc) is 2.79. The van der Waals surface area contributed by atoms with Gasteiger partial charge in [-0.05, 0) is 48.2 Å². The molecule has 2 amide bonds.